The molecule has 4 unspecified atom stereocenters. The molecule has 2 N–H and O–H groups in total. The van der Waals surface area contributed by atoms with Crippen molar-refractivity contribution in [2.45, 2.75) is 38.1 Å². The van der Waals surface area contributed by atoms with E-state index in [4.69, 9.17) is 0 Å². The summed E-state index contributed by atoms with van der Waals surface area (Å²) in [6.07, 6.45) is 3.87. The van der Waals surface area contributed by atoms with Crippen LogP contribution in [0.5, 0.6) is 5.75 Å². The van der Waals surface area contributed by atoms with Crippen LogP contribution in [-0.2, 0) is 6.42 Å². The van der Waals surface area contributed by atoms with E-state index >= 15 is 0 Å². The molecular weight excluding hydrogens is 260 g/mol. The van der Waals surface area contributed by atoms with Crippen LogP contribution in [0.2, 0.25) is 0 Å². The van der Waals surface area contributed by atoms with Gasteiger partial charge in [-0.1, -0.05) is 6.92 Å². The first-order valence-electron chi connectivity index (χ1n) is 8.28. The van der Waals surface area contributed by atoms with E-state index in [2.05, 4.69) is 16.8 Å². The van der Waals surface area contributed by atoms with Crippen LogP contribution >= 0.6 is 0 Å². The Kier molecular flexibility index (Phi) is 2.33. The number of aromatic nitrogens is 1. The third kappa shape index (κ3) is 1.58. The van der Waals surface area contributed by atoms with Gasteiger partial charge >= 0.3 is 0 Å². The summed E-state index contributed by atoms with van der Waals surface area (Å²) < 4.78 is 0. The normalized spacial score (nSPS) is 37.5. The van der Waals surface area contributed by atoms with Crippen molar-refractivity contribution in [3.05, 3.63) is 29.5 Å². The molecule has 1 aliphatic carbocycles. The predicted molar refractivity (Wildman–Crippen MR) is 83.7 cm³/mol. The number of nitrogens with one attached hydrogen (secondary N) is 1. The number of benzene rings is 1. The average Bonchev–Trinajstić information content (AvgIpc) is 2.77. The maximum atomic E-state index is 9.83. The number of phenolic OH excluding ortho intramolecular Hbond substituents is 1. The minimum atomic E-state index is 0.381. The van der Waals surface area contributed by atoms with Crippen LogP contribution in [0.25, 0.3) is 10.9 Å². The quantitative estimate of drug-likeness (QED) is 0.778. The first-order chi connectivity index (χ1) is 10.2. The van der Waals surface area contributed by atoms with Gasteiger partial charge in [0.2, 0.25) is 0 Å². The Morgan fingerprint density at radius 2 is 2.19 bits per heavy atom. The smallest absolute Gasteiger partial charge is 0.116 e. The number of nitrogens with zero attached hydrogens (tertiary/aromatic N) is 1. The van der Waals surface area contributed by atoms with Gasteiger partial charge in [-0.15, -0.1) is 0 Å². The summed E-state index contributed by atoms with van der Waals surface area (Å²) in [5.74, 6) is 2.74. The second-order valence-corrected chi connectivity index (χ2v) is 7.40. The average molecular weight is 282 g/mol. The summed E-state index contributed by atoms with van der Waals surface area (Å²) in [6, 6.07) is 6.48. The van der Waals surface area contributed by atoms with E-state index in [0.717, 1.165) is 24.3 Å². The molecule has 4 bridgehead atoms. The van der Waals surface area contributed by atoms with Gasteiger partial charge in [0.05, 0.1) is 0 Å². The second-order valence-electron chi connectivity index (χ2n) is 7.40. The molecular formula is C18H22N2O. The highest BCUT2D eigenvalue weighted by atomic mass is 16.3. The SMILES string of the molecule is CC1C[C@H]2CC3c4[nH]c5ccc(O)cc5c4CCN(C2)C13. The van der Waals surface area contributed by atoms with Gasteiger partial charge in [-0.2, -0.15) is 0 Å². The van der Waals surface area contributed by atoms with Gasteiger partial charge in [0.15, 0.2) is 0 Å². The molecule has 110 valence electrons. The lowest BCUT2D eigenvalue weighted by atomic mass is 9.67. The zero-order valence-corrected chi connectivity index (χ0v) is 12.5. The van der Waals surface area contributed by atoms with Gasteiger partial charge in [-0.3, -0.25) is 4.90 Å². The summed E-state index contributed by atoms with van der Waals surface area (Å²) in [5.41, 5.74) is 4.13. The van der Waals surface area contributed by atoms with Crippen LogP contribution in [0.15, 0.2) is 18.2 Å². The van der Waals surface area contributed by atoms with Gasteiger partial charge in [-0.25, -0.2) is 0 Å². The van der Waals surface area contributed by atoms with Crippen LogP contribution in [0.4, 0.5) is 0 Å². The number of hydrogen-bond donors (Lipinski definition) is 2. The van der Waals surface area contributed by atoms with E-state index in [-0.39, 0.29) is 0 Å². The topological polar surface area (TPSA) is 39.3 Å². The first kappa shape index (κ1) is 12.1. The molecule has 2 saturated heterocycles. The number of hydrogen-bond acceptors (Lipinski definition) is 2. The molecule has 1 aromatic heterocycles. The largest absolute Gasteiger partial charge is 0.508 e. The minimum Gasteiger partial charge on any atom is -0.508 e. The lowest BCUT2D eigenvalue weighted by Crippen LogP contribution is -2.55. The van der Waals surface area contributed by atoms with Gasteiger partial charge in [0, 0.05) is 41.6 Å². The fraction of sp³-hybridized carbons (Fsp3) is 0.556. The van der Waals surface area contributed by atoms with Crippen LogP contribution in [0.1, 0.15) is 36.9 Å². The molecule has 0 spiro atoms. The lowest BCUT2D eigenvalue weighted by Gasteiger charge is -2.52. The van der Waals surface area contributed by atoms with Crippen molar-refractivity contribution in [1.29, 1.82) is 0 Å². The Labute approximate surface area is 125 Å². The van der Waals surface area contributed by atoms with E-state index in [1.54, 1.807) is 6.07 Å². The molecule has 4 aliphatic rings. The van der Waals surface area contributed by atoms with Gasteiger partial charge < -0.3 is 10.1 Å². The zero-order valence-electron chi connectivity index (χ0n) is 12.5. The third-order valence-corrected chi connectivity index (χ3v) is 6.14. The van der Waals surface area contributed by atoms with Crippen molar-refractivity contribution in [2.24, 2.45) is 11.8 Å². The molecule has 1 aromatic carbocycles. The number of aromatic amines is 1. The maximum absolute atomic E-state index is 9.83. The van der Waals surface area contributed by atoms with E-state index in [9.17, 15) is 5.11 Å². The summed E-state index contributed by atoms with van der Waals surface area (Å²) in [7, 11) is 0. The van der Waals surface area contributed by atoms with Crippen molar-refractivity contribution >= 4 is 10.9 Å². The summed E-state index contributed by atoms with van der Waals surface area (Å²) in [4.78, 5) is 6.45. The molecule has 0 amide bonds. The Morgan fingerprint density at radius 1 is 1.29 bits per heavy atom. The van der Waals surface area contributed by atoms with E-state index < -0.39 is 0 Å². The Hall–Kier alpha value is -1.48. The third-order valence-electron chi connectivity index (χ3n) is 6.14. The molecule has 21 heavy (non-hydrogen) atoms. The van der Waals surface area contributed by atoms with Gasteiger partial charge in [0.1, 0.15) is 5.75 Å². The van der Waals surface area contributed by atoms with E-state index in [0.29, 0.717) is 11.7 Å². The van der Waals surface area contributed by atoms with Crippen LogP contribution in [0.3, 0.4) is 0 Å². The van der Waals surface area contributed by atoms with Crippen molar-refractivity contribution < 1.29 is 5.11 Å². The number of H-pyrrole nitrogens is 1. The molecule has 5 atom stereocenters. The molecule has 4 heterocycles. The van der Waals surface area contributed by atoms with Gasteiger partial charge in [-0.05, 0) is 54.9 Å². The molecule has 3 nitrogen and oxygen atoms in total. The number of fused-ring (bicyclic) bond motifs is 4. The van der Waals surface area contributed by atoms with Crippen LogP contribution in [-0.4, -0.2) is 34.1 Å². The number of aromatic hydroxyl groups is 1. The van der Waals surface area contributed by atoms with E-state index in [1.807, 2.05) is 12.1 Å². The zero-order chi connectivity index (χ0) is 14.1. The Balaban J connectivity index is 1.72. The van der Waals surface area contributed by atoms with Crippen molar-refractivity contribution in [3.63, 3.8) is 0 Å². The summed E-state index contributed by atoms with van der Waals surface area (Å²) in [6.45, 7) is 4.92. The molecule has 3 aliphatic heterocycles. The Bertz CT molecular complexity index is 719. The fourth-order valence-electron chi connectivity index (χ4n) is 5.50. The minimum absolute atomic E-state index is 0.381. The molecule has 3 heteroatoms. The van der Waals surface area contributed by atoms with Crippen LogP contribution in [0, 0.1) is 11.8 Å². The molecule has 1 saturated carbocycles. The monoisotopic (exact) mass is 282 g/mol. The highest BCUT2D eigenvalue weighted by molar-refractivity contribution is 5.86. The molecule has 6 rings (SSSR count). The molecule has 0 radical (unpaired) electrons. The second kappa shape index (κ2) is 4.04. The highest BCUT2D eigenvalue weighted by Gasteiger charge is 2.47. The standard InChI is InChI=1S/C18H22N2O/c1-10-6-11-7-15-17-13(4-5-20(9-11)18(10)15)14-8-12(21)2-3-16(14)19-17/h2-3,8,10-11,15,18-19,21H,4-7,9H2,1H3/t10?,11-,15?,18?/m0/s1. The number of rotatable bonds is 0. The molecule has 3 fully saturated rings. The number of piperidine rings is 2. The van der Waals surface area contributed by atoms with Crippen molar-refractivity contribution in [1.82, 2.24) is 9.88 Å². The van der Waals surface area contributed by atoms with Crippen molar-refractivity contribution in [3.8, 4) is 5.75 Å². The van der Waals surface area contributed by atoms with Crippen LogP contribution < -0.4 is 0 Å². The first-order valence-corrected chi connectivity index (χ1v) is 8.28. The summed E-state index contributed by atoms with van der Waals surface area (Å²) in [5, 5.41) is 11.1. The summed E-state index contributed by atoms with van der Waals surface area (Å²) >= 11 is 0. The van der Waals surface area contributed by atoms with E-state index in [1.165, 1.54) is 48.1 Å². The fourth-order valence-corrected chi connectivity index (χ4v) is 5.50. The van der Waals surface area contributed by atoms with Crippen molar-refractivity contribution in [2.75, 3.05) is 13.1 Å². The Morgan fingerprint density at radius 3 is 3.05 bits per heavy atom. The predicted octanol–water partition coefficient (Wildman–Crippen LogP) is 3.24. The lowest BCUT2D eigenvalue weighted by molar-refractivity contribution is -0.00516. The van der Waals surface area contributed by atoms with Gasteiger partial charge in [0.25, 0.3) is 0 Å². The number of phenols is 1. The highest BCUT2D eigenvalue weighted by Crippen LogP contribution is 2.50. The maximum Gasteiger partial charge on any atom is 0.116 e. The molecule has 2 aromatic rings.